The van der Waals surface area contributed by atoms with Crippen LogP contribution in [-0.2, 0) is 13.8 Å². The molecule has 3 unspecified atom stereocenters. The van der Waals surface area contributed by atoms with Gasteiger partial charge in [-0.2, -0.15) is 0 Å². The first-order valence-corrected chi connectivity index (χ1v) is 5.18. The molecular weight excluding hydrogens is 231 g/mol. The van der Waals surface area contributed by atoms with Crippen molar-refractivity contribution in [3.8, 4) is 0 Å². The normalized spacial score (nSPS) is 42.7. The maximum absolute atomic E-state index is 10.2. The summed E-state index contributed by atoms with van der Waals surface area (Å²) in [6, 6.07) is 0. The van der Waals surface area contributed by atoms with Crippen LogP contribution in [0.1, 0.15) is 0 Å². The smallest absolute Gasteiger partial charge is 0.491 e. The van der Waals surface area contributed by atoms with E-state index in [0.29, 0.717) is 0 Å². The Kier molecular flexibility index (Phi) is 4.50. The minimum absolute atomic E-state index is 0.638. The highest BCUT2D eigenvalue weighted by Gasteiger charge is 2.46. The molecule has 0 aliphatic carbocycles. The first kappa shape index (κ1) is 12.9. The minimum atomic E-state index is -3.27. The minimum Gasteiger partial charge on any atom is -0.566 e. The number of hydrogen-bond acceptors (Lipinski definition) is 8. The van der Waals surface area contributed by atoms with Crippen LogP contribution < -0.4 is 4.89 Å². The lowest BCUT2D eigenvalue weighted by atomic mass is 10.00. The van der Waals surface area contributed by atoms with Gasteiger partial charge in [-0.1, -0.05) is 0 Å². The molecule has 4 N–H and O–H groups in total. The molecule has 0 amide bonds. The van der Waals surface area contributed by atoms with E-state index in [1.54, 1.807) is 0 Å². The standard InChI is InChI=1S/C6H11O8P/c7-1-2-3(8)4(9)5(10)6(13-2)14-15(11)12/h2-10H,1H2/t2?,3-,4-,5?,6-/m0/s1. The predicted molar refractivity (Wildman–Crippen MR) is 42.5 cm³/mol. The van der Waals surface area contributed by atoms with Crippen molar-refractivity contribution in [2.45, 2.75) is 30.7 Å². The molecule has 0 aromatic carbocycles. The molecule has 0 aromatic rings. The first-order valence-electron chi connectivity index (χ1n) is 4.09. The van der Waals surface area contributed by atoms with Gasteiger partial charge >= 0.3 is 8.25 Å². The molecule has 1 saturated heterocycles. The summed E-state index contributed by atoms with van der Waals surface area (Å²) >= 11 is 0. The molecule has 1 heterocycles. The largest absolute Gasteiger partial charge is 0.566 e. The van der Waals surface area contributed by atoms with Crippen LogP contribution in [0, 0.1) is 0 Å². The fraction of sp³-hybridized carbons (Fsp3) is 1.00. The van der Waals surface area contributed by atoms with Crippen LogP contribution in [0.2, 0.25) is 0 Å². The van der Waals surface area contributed by atoms with Gasteiger partial charge in [-0.25, -0.2) is 0 Å². The van der Waals surface area contributed by atoms with Gasteiger partial charge in [0.15, 0.2) is 0 Å². The van der Waals surface area contributed by atoms with E-state index < -0.39 is 45.6 Å². The monoisotopic (exact) mass is 242 g/mol. The highest BCUT2D eigenvalue weighted by Crippen LogP contribution is 2.26. The first-order chi connectivity index (χ1) is 6.97. The van der Waals surface area contributed by atoms with E-state index in [-0.39, 0.29) is 0 Å². The third-order valence-electron chi connectivity index (χ3n) is 2.04. The van der Waals surface area contributed by atoms with Gasteiger partial charge in [0, 0.05) is 0 Å². The Labute approximate surface area is 85.6 Å². The van der Waals surface area contributed by atoms with Crippen LogP contribution >= 0.6 is 8.25 Å². The van der Waals surface area contributed by atoms with E-state index in [1.807, 2.05) is 0 Å². The second-order valence-corrected chi connectivity index (χ2v) is 3.68. The van der Waals surface area contributed by atoms with E-state index >= 15 is 0 Å². The summed E-state index contributed by atoms with van der Waals surface area (Å²) in [6.45, 7) is -0.638. The van der Waals surface area contributed by atoms with Crippen molar-refractivity contribution in [3.05, 3.63) is 0 Å². The summed E-state index contributed by atoms with van der Waals surface area (Å²) in [7, 11) is -3.27. The average Bonchev–Trinajstić information content (AvgIpc) is 2.18. The molecule has 6 atom stereocenters. The Bertz CT molecular complexity index is 233. The second-order valence-electron chi connectivity index (χ2n) is 3.03. The lowest BCUT2D eigenvalue weighted by Gasteiger charge is -2.37. The van der Waals surface area contributed by atoms with Crippen LogP contribution in [0.5, 0.6) is 0 Å². The highest BCUT2D eigenvalue weighted by molar-refractivity contribution is 7.30. The summed E-state index contributed by atoms with van der Waals surface area (Å²) in [5, 5.41) is 36.5. The molecule has 1 rings (SSSR count). The van der Waals surface area contributed by atoms with Crippen LogP contribution in [0.25, 0.3) is 0 Å². The van der Waals surface area contributed by atoms with Gasteiger partial charge in [0.25, 0.3) is 0 Å². The van der Waals surface area contributed by atoms with Crippen molar-refractivity contribution < 1.29 is 39.1 Å². The van der Waals surface area contributed by atoms with Crippen LogP contribution in [0.4, 0.5) is 0 Å². The lowest BCUT2D eigenvalue weighted by molar-refractivity contribution is -0.291. The van der Waals surface area contributed by atoms with Crippen molar-refractivity contribution in [3.63, 3.8) is 0 Å². The van der Waals surface area contributed by atoms with E-state index in [2.05, 4.69) is 4.52 Å². The SMILES string of the molecule is O=[P+]([O-])O[C@@H]1OC(CO)[C@H](O)[C@H](O)C1O. The third-order valence-corrected chi connectivity index (χ3v) is 2.42. The van der Waals surface area contributed by atoms with Crippen LogP contribution in [-0.4, -0.2) is 57.7 Å². The summed E-state index contributed by atoms with van der Waals surface area (Å²) < 4.78 is 19.1. The molecular formula is C6H11O8P. The number of rotatable bonds is 3. The molecule has 88 valence electrons. The topological polar surface area (TPSA) is 140 Å². The van der Waals surface area contributed by atoms with E-state index in [9.17, 15) is 24.8 Å². The molecule has 0 bridgehead atoms. The molecule has 9 heteroatoms. The number of aliphatic hydroxyl groups is 4. The fourth-order valence-electron chi connectivity index (χ4n) is 1.24. The highest BCUT2D eigenvalue weighted by atomic mass is 31.1. The molecule has 1 aliphatic rings. The molecule has 1 fully saturated rings. The maximum atomic E-state index is 10.2. The number of ether oxygens (including phenoxy) is 1. The van der Waals surface area contributed by atoms with E-state index in [1.165, 1.54) is 0 Å². The molecule has 0 radical (unpaired) electrons. The van der Waals surface area contributed by atoms with Crippen LogP contribution in [0.3, 0.4) is 0 Å². The number of hydrogen-bond donors (Lipinski definition) is 4. The molecule has 15 heavy (non-hydrogen) atoms. The zero-order valence-electron chi connectivity index (χ0n) is 7.46. The molecule has 1 aliphatic heterocycles. The van der Waals surface area contributed by atoms with Crippen molar-refractivity contribution in [2.24, 2.45) is 0 Å². The maximum Gasteiger partial charge on any atom is 0.491 e. The Hall–Kier alpha value is -0.180. The van der Waals surface area contributed by atoms with Gasteiger partial charge in [-0.3, -0.25) is 0 Å². The Morgan fingerprint density at radius 1 is 1.27 bits per heavy atom. The summed E-state index contributed by atoms with van der Waals surface area (Å²) in [6.07, 6.45) is -7.68. The number of aliphatic hydroxyl groups excluding tert-OH is 4. The third kappa shape index (κ3) is 2.90. The van der Waals surface area contributed by atoms with Gasteiger partial charge in [0.2, 0.25) is 6.29 Å². The van der Waals surface area contributed by atoms with Gasteiger partial charge in [0.05, 0.1) is 6.61 Å². The molecule has 0 spiro atoms. The van der Waals surface area contributed by atoms with Crippen molar-refractivity contribution >= 4 is 8.25 Å². The summed E-state index contributed by atoms with van der Waals surface area (Å²) in [5.74, 6) is 0. The Morgan fingerprint density at radius 2 is 1.87 bits per heavy atom. The zero-order valence-corrected chi connectivity index (χ0v) is 8.36. The Balaban J connectivity index is 2.69. The second kappa shape index (κ2) is 5.24. The van der Waals surface area contributed by atoms with Gasteiger partial charge in [-0.05, 0) is 4.57 Å². The zero-order chi connectivity index (χ0) is 11.6. The van der Waals surface area contributed by atoms with Crippen molar-refractivity contribution in [2.75, 3.05) is 6.61 Å². The lowest BCUT2D eigenvalue weighted by Crippen LogP contribution is -2.58. The quantitative estimate of drug-likeness (QED) is 0.380. The molecule has 0 aromatic heterocycles. The van der Waals surface area contributed by atoms with E-state index in [4.69, 9.17) is 9.84 Å². The summed E-state index contributed by atoms with van der Waals surface area (Å²) in [4.78, 5) is 10.2. The van der Waals surface area contributed by atoms with Gasteiger partial charge in [-0.15, -0.1) is 4.52 Å². The van der Waals surface area contributed by atoms with Crippen molar-refractivity contribution in [1.29, 1.82) is 0 Å². The average molecular weight is 242 g/mol. The summed E-state index contributed by atoms with van der Waals surface area (Å²) in [5.41, 5.74) is 0. The van der Waals surface area contributed by atoms with Crippen molar-refractivity contribution in [1.82, 2.24) is 0 Å². The molecule has 8 nitrogen and oxygen atoms in total. The fourth-order valence-corrected chi connectivity index (χ4v) is 1.58. The van der Waals surface area contributed by atoms with Gasteiger partial charge in [0.1, 0.15) is 24.4 Å². The molecule has 0 saturated carbocycles. The Morgan fingerprint density at radius 3 is 2.33 bits per heavy atom. The predicted octanol–water partition coefficient (Wildman–Crippen LogP) is -3.18. The van der Waals surface area contributed by atoms with E-state index in [0.717, 1.165) is 0 Å². The van der Waals surface area contributed by atoms with Crippen LogP contribution in [0.15, 0.2) is 0 Å². The van der Waals surface area contributed by atoms with Gasteiger partial charge < -0.3 is 30.1 Å².